The first-order valence-corrected chi connectivity index (χ1v) is 12.5. The maximum absolute atomic E-state index is 2.47. The van der Waals surface area contributed by atoms with Crippen LogP contribution in [-0.2, 0) is 0 Å². The molecule has 29 heavy (non-hydrogen) atoms. The third-order valence-corrected chi connectivity index (χ3v) is 8.55. The van der Waals surface area contributed by atoms with Crippen LogP contribution < -0.4 is 0 Å². The average molecular weight is 415 g/mol. The Kier molecular flexibility index (Phi) is 10.3. The van der Waals surface area contributed by atoms with Gasteiger partial charge in [-0.1, -0.05) is 97.4 Å². The van der Waals surface area contributed by atoms with E-state index in [1.54, 1.807) is 5.57 Å². The third-order valence-electron chi connectivity index (χ3n) is 6.85. The van der Waals surface area contributed by atoms with Gasteiger partial charge in [0.15, 0.2) is 0 Å². The molecule has 0 saturated heterocycles. The molecule has 1 aliphatic carbocycles. The van der Waals surface area contributed by atoms with Gasteiger partial charge in [-0.25, -0.2) is 0 Å². The summed E-state index contributed by atoms with van der Waals surface area (Å²) in [6.07, 6.45) is 17.6. The molecule has 2 atom stereocenters. The fourth-order valence-corrected chi connectivity index (χ4v) is 5.29. The molecule has 0 radical (unpaired) electrons. The summed E-state index contributed by atoms with van der Waals surface area (Å²) in [5, 5.41) is 0. The molecule has 0 fully saturated rings. The number of hydrogen-bond donors (Lipinski definition) is 0. The van der Waals surface area contributed by atoms with Gasteiger partial charge < -0.3 is 0 Å². The Morgan fingerprint density at radius 1 is 1.10 bits per heavy atom. The molecule has 0 heterocycles. The molecule has 2 unspecified atom stereocenters. The first-order valence-electron chi connectivity index (χ1n) is 11.5. The van der Waals surface area contributed by atoms with Crippen molar-refractivity contribution in [2.75, 3.05) is 5.75 Å². The topological polar surface area (TPSA) is 0 Å². The normalized spacial score (nSPS) is 20.0. The molecule has 0 aromatic heterocycles. The number of hydrogen-bond acceptors (Lipinski definition) is 1. The quantitative estimate of drug-likeness (QED) is 0.338. The highest BCUT2D eigenvalue weighted by molar-refractivity contribution is 8.03. The zero-order valence-electron chi connectivity index (χ0n) is 20.9. The van der Waals surface area contributed by atoms with E-state index in [0.29, 0.717) is 11.8 Å². The van der Waals surface area contributed by atoms with Crippen LogP contribution in [0.4, 0.5) is 0 Å². The molecule has 1 rings (SSSR count). The Balaban J connectivity index is 3.27. The van der Waals surface area contributed by atoms with Crippen molar-refractivity contribution >= 4 is 11.8 Å². The molecule has 0 spiro atoms. The highest BCUT2D eigenvalue weighted by Crippen LogP contribution is 2.50. The predicted octanol–water partition coefficient (Wildman–Crippen LogP) is 9.53. The van der Waals surface area contributed by atoms with Crippen molar-refractivity contribution in [2.45, 2.75) is 88.5 Å². The Hall–Kier alpha value is -0.950. The van der Waals surface area contributed by atoms with Crippen LogP contribution >= 0.6 is 11.8 Å². The van der Waals surface area contributed by atoms with Gasteiger partial charge in [0.25, 0.3) is 0 Å². The monoisotopic (exact) mass is 414 g/mol. The summed E-state index contributed by atoms with van der Waals surface area (Å²) in [6, 6.07) is 0. The zero-order chi connectivity index (χ0) is 22.2. The second kappa shape index (κ2) is 11.4. The standard InChI is InChI=1S/C28H46S/c1-11-26(21(3)4)29-20-23(6)25(28(10,12-2)27(7,8)9)19-18-22(5)24-16-14-13-15-17-24/h11,14,16-19,21,23H,12-13,15,20H2,1-10H3/b22-18+,25-19+,26-11-. The van der Waals surface area contributed by atoms with Crippen LogP contribution in [-0.4, -0.2) is 5.75 Å². The average Bonchev–Trinajstić information content (AvgIpc) is 2.67. The minimum Gasteiger partial charge on any atom is -0.130 e. The Bertz CT molecular complexity index is 676. The lowest BCUT2D eigenvalue weighted by Gasteiger charge is -2.46. The summed E-state index contributed by atoms with van der Waals surface area (Å²) in [5.41, 5.74) is 4.76. The van der Waals surface area contributed by atoms with Crippen LogP contribution in [0.15, 0.2) is 58.1 Å². The van der Waals surface area contributed by atoms with Crippen LogP contribution in [0.2, 0.25) is 0 Å². The van der Waals surface area contributed by atoms with E-state index in [0.717, 1.165) is 18.6 Å². The first-order chi connectivity index (χ1) is 13.5. The van der Waals surface area contributed by atoms with Crippen molar-refractivity contribution in [3.63, 3.8) is 0 Å². The van der Waals surface area contributed by atoms with Crippen molar-refractivity contribution in [3.05, 3.63) is 58.1 Å². The molecule has 0 aromatic carbocycles. The summed E-state index contributed by atoms with van der Waals surface area (Å²) in [6.45, 7) is 23.5. The van der Waals surface area contributed by atoms with Crippen LogP contribution in [0.5, 0.6) is 0 Å². The largest absolute Gasteiger partial charge is 0.130 e. The van der Waals surface area contributed by atoms with Gasteiger partial charge in [0.05, 0.1) is 0 Å². The van der Waals surface area contributed by atoms with Crippen LogP contribution in [0, 0.1) is 22.7 Å². The number of rotatable bonds is 9. The van der Waals surface area contributed by atoms with Crippen molar-refractivity contribution < 1.29 is 0 Å². The summed E-state index contributed by atoms with van der Waals surface area (Å²) >= 11 is 2.04. The van der Waals surface area contributed by atoms with Crippen molar-refractivity contribution in [1.82, 2.24) is 0 Å². The highest BCUT2D eigenvalue weighted by atomic mass is 32.2. The highest BCUT2D eigenvalue weighted by Gasteiger charge is 2.40. The molecule has 0 saturated carbocycles. The van der Waals surface area contributed by atoms with Crippen LogP contribution in [0.1, 0.15) is 88.5 Å². The SMILES string of the molecule is C/C=C(\SCC(C)/C(=C\C=C(/C)C1=CCCC=C1)C(C)(CC)C(C)(C)C)C(C)C. The maximum Gasteiger partial charge on any atom is 0.00401 e. The van der Waals surface area contributed by atoms with E-state index >= 15 is 0 Å². The summed E-state index contributed by atoms with van der Waals surface area (Å²) in [5.74, 6) is 2.29. The van der Waals surface area contributed by atoms with E-state index in [1.807, 2.05) is 11.8 Å². The zero-order valence-corrected chi connectivity index (χ0v) is 21.7. The summed E-state index contributed by atoms with van der Waals surface area (Å²) in [4.78, 5) is 1.51. The molecule has 0 amide bonds. The van der Waals surface area contributed by atoms with E-state index < -0.39 is 0 Å². The Morgan fingerprint density at radius 2 is 1.76 bits per heavy atom. The van der Waals surface area contributed by atoms with Gasteiger partial charge in [-0.15, -0.1) is 11.8 Å². The second-order valence-corrected chi connectivity index (χ2v) is 11.2. The van der Waals surface area contributed by atoms with Gasteiger partial charge in [0, 0.05) is 5.75 Å². The number of thioether (sulfide) groups is 1. The van der Waals surface area contributed by atoms with Gasteiger partial charge in [0.1, 0.15) is 0 Å². The van der Waals surface area contributed by atoms with Gasteiger partial charge >= 0.3 is 0 Å². The number of allylic oxidation sites excluding steroid dienone is 10. The molecule has 1 heteroatoms. The minimum absolute atomic E-state index is 0.175. The van der Waals surface area contributed by atoms with E-state index in [9.17, 15) is 0 Å². The molecule has 0 nitrogen and oxygen atoms in total. The van der Waals surface area contributed by atoms with Gasteiger partial charge in [-0.05, 0) is 71.8 Å². The molecule has 0 aromatic rings. The summed E-state index contributed by atoms with van der Waals surface area (Å²) < 4.78 is 0. The fourth-order valence-electron chi connectivity index (χ4n) is 4.17. The smallest absolute Gasteiger partial charge is 0.00401 e. The molecule has 164 valence electrons. The first kappa shape index (κ1) is 26.1. The van der Waals surface area contributed by atoms with E-state index in [1.165, 1.54) is 22.5 Å². The van der Waals surface area contributed by atoms with E-state index in [-0.39, 0.29) is 10.8 Å². The Morgan fingerprint density at radius 3 is 2.21 bits per heavy atom. The lowest BCUT2D eigenvalue weighted by atomic mass is 9.59. The van der Waals surface area contributed by atoms with Crippen LogP contribution in [0.3, 0.4) is 0 Å². The minimum atomic E-state index is 0.175. The van der Waals surface area contributed by atoms with E-state index in [2.05, 4.69) is 106 Å². The fraction of sp³-hybridized carbons (Fsp3) is 0.643. The molecular formula is C28H46S. The van der Waals surface area contributed by atoms with E-state index in [4.69, 9.17) is 0 Å². The lowest BCUT2D eigenvalue weighted by Crippen LogP contribution is -2.36. The molecule has 0 N–H and O–H groups in total. The van der Waals surface area contributed by atoms with Crippen molar-refractivity contribution in [1.29, 1.82) is 0 Å². The third kappa shape index (κ3) is 7.06. The molecule has 1 aliphatic rings. The summed E-state index contributed by atoms with van der Waals surface area (Å²) in [7, 11) is 0. The van der Waals surface area contributed by atoms with Crippen molar-refractivity contribution in [3.8, 4) is 0 Å². The van der Waals surface area contributed by atoms with Gasteiger partial charge in [-0.3, -0.25) is 0 Å². The maximum atomic E-state index is 2.47. The molecular weight excluding hydrogens is 368 g/mol. The van der Waals surface area contributed by atoms with Gasteiger partial charge in [0.2, 0.25) is 0 Å². The van der Waals surface area contributed by atoms with Gasteiger partial charge in [-0.2, -0.15) is 0 Å². The predicted molar refractivity (Wildman–Crippen MR) is 136 cm³/mol. The van der Waals surface area contributed by atoms with Crippen LogP contribution in [0.25, 0.3) is 0 Å². The van der Waals surface area contributed by atoms with Crippen molar-refractivity contribution in [2.24, 2.45) is 22.7 Å². The second-order valence-electron chi connectivity index (χ2n) is 10.1. The molecule has 0 aliphatic heterocycles. The Labute approximate surface area is 186 Å². The molecule has 0 bridgehead atoms. The lowest BCUT2D eigenvalue weighted by molar-refractivity contribution is 0.136.